The number of ether oxygens (including phenoxy) is 2. The third-order valence-corrected chi connectivity index (χ3v) is 3.75. The lowest BCUT2D eigenvalue weighted by molar-refractivity contribution is -0.149. The number of carbonyl (C=O) groups is 2. The van der Waals surface area contributed by atoms with Gasteiger partial charge < -0.3 is 14.8 Å². The summed E-state index contributed by atoms with van der Waals surface area (Å²) in [7, 11) is 0. The number of esters is 1. The number of benzene rings is 2. The van der Waals surface area contributed by atoms with Crippen LogP contribution in [0.2, 0.25) is 0 Å². The minimum atomic E-state index is -4.45. The highest BCUT2D eigenvalue weighted by Crippen LogP contribution is 2.29. The van der Waals surface area contributed by atoms with Gasteiger partial charge in [-0.05, 0) is 41.8 Å². The van der Waals surface area contributed by atoms with Gasteiger partial charge >= 0.3 is 12.1 Å². The Kier molecular flexibility index (Phi) is 7.03. The van der Waals surface area contributed by atoms with Crippen LogP contribution in [0.4, 0.5) is 18.9 Å². The molecule has 2 aromatic carbocycles. The number of anilines is 1. The molecule has 0 unspecified atom stereocenters. The van der Waals surface area contributed by atoms with Gasteiger partial charge in [-0.25, -0.2) is 4.79 Å². The Morgan fingerprint density at radius 1 is 1.00 bits per heavy atom. The van der Waals surface area contributed by atoms with Crippen molar-refractivity contribution in [3.8, 4) is 5.75 Å². The number of para-hydroxylation sites is 1. The Morgan fingerprint density at radius 3 is 2.25 bits per heavy atom. The third kappa shape index (κ3) is 6.29. The van der Waals surface area contributed by atoms with Crippen molar-refractivity contribution in [1.82, 2.24) is 0 Å². The maximum atomic E-state index is 12.5. The molecule has 8 heteroatoms. The van der Waals surface area contributed by atoms with Crippen LogP contribution in [0.5, 0.6) is 5.75 Å². The van der Waals surface area contributed by atoms with E-state index in [1.165, 1.54) is 0 Å². The summed E-state index contributed by atoms with van der Waals surface area (Å²) >= 11 is 0. The first kappa shape index (κ1) is 21.3. The first-order valence-electron chi connectivity index (χ1n) is 8.51. The van der Waals surface area contributed by atoms with Gasteiger partial charge in [-0.2, -0.15) is 13.2 Å². The first-order valence-corrected chi connectivity index (χ1v) is 8.51. The lowest BCUT2D eigenvalue weighted by Crippen LogP contribution is -2.23. The molecule has 0 radical (unpaired) electrons. The highest BCUT2D eigenvalue weighted by molar-refractivity contribution is 5.92. The fourth-order valence-electron chi connectivity index (χ4n) is 2.35. The lowest BCUT2D eigenvalue weighted by atomic mass is 10.0. The SMILES string of the molecule is CC(C)c1ccccc1OCC(=O)OCC(=O)Nc1ccc(C(F)(F)F)cc1. The van der Waals surface area contributed by atoms with Gasteiger partial charge in [0.25, 0.3) is 5.91 Å². The number of hydrogen-bond donors (Lipinski definition) is 1. The molecule has 1 N–H and O–H groups in total. The minimum absolute atomic E-state index is 0.163. The van der Waals surface area contributed by atoms with Crippen molar-refractivity contribution >= 4 is 17.6 Å². The van der Waals surface area contributed by atoms with Crippen molar-refractivity contribution < 1.29 is 32.2 Å². The normalized spacial score (nSPS) is 11.2. The van der Waals surface area contributed by atoms with Gasteiger partial charge in [0.15, 0.2) is 13.2 Å². The molecule has 150 valence electrons. The standard InChI is InChI=1S/C20H20F3NO4/c1-13(2)16-5-3-4-6-17(16)27-12-19(26)28-11-18(25)24-15-9-7-14(8-10-15)20(21,22)23/h3-10,13H,11-12H2,1-2H3,(H,24,25). The molecule has 1 amide bonds. The highest BCUT2D eigenvalue weighted by atomic mass is 19.4. The molecule has 0 saturated carbocycles. The quantitative estimate of drug-likeness (QED) is 0.707. The zero-order chi connectivity index (χ0) is 20.7. The molecule has 0 bridgehead atoms. The molecule has 0 fully saturated rings. The van der Waals surface area contributed by atoms with E-state index in [0.29, 0.717) is 5.75 Å². The van der Waals surface area contributed by atoms with Crippen molar-refractivity contribution in [2.45, 2.75) is 25.9 Å². The zero-order valence-electron chi connectivity index (χ0n) is 15.4. The molecule has 5 nitrogen and oxygen atoms in total. The minimum Gasteiger partial charge on any atom is -0.482 e. The Labute approximate surface area is 160 Å². The van der Waals surface area contributed by atoms with Crippen LogP contribution >= 0.6 is 0 Å². The Bertz CT molecular complexity index is 817. The van der Waals surface area contributed by atoms with Gasteiger partial charge in [-0.1, -0.05) is 32.0 Å². The Balaban J connectivity index is 1.79. The van der Waals surface area contributed by atoms with Crippen molar-refractivity contribution in [2.75, 3.05) is 18.5 Å². The van der Waals surface area contributed by atoms with E-state index in [-0.39, 0.29) is 18.2 Å². The lowest BCUT2D eigenvalue weighted by Gasteiger charge is -2.13. The fraction of sp³-hybridized carbons (Fsp3) is 0.300. The molecule has 0 aromatic heterocycles. The van der Waals surface area contributed by atoms with Gasteiger partial charge in [0.1, 0.15) is 5.75 Å². The second kappa shape index (κ2) is 9.25. The number of alkyl halides is 3. The van der Waals surface area contributed by atoms with Gasteiger partial charge in [-0.3, -0.25) is 4.79 Å². The molecular weight excluding hydrogens is 375 g/mol. The van der Waals surface area contributed by atoms with Crippen LogP contribution in [0.1, 0.15) is 30.9 Å². The molecule has 28 heavy (non-hydrogen) atoms. The third-order valence-electron chi connectivity index (χ3n) is 3.75. The zero-order valence-corrected chi connectivity index (χ0v) is 15.4. The van der Waals surface area contributed by atoms with E-state index in [4.69, 9.17) is 9.47 Å². The molecule has 0 aliphatic carbocycles. The van der Waals surface area contributed by atoms with E-state index >= 15 is 0 Å². The monoisotopic (exact) mass is 395 g/mol. The summed E-state index contributed by atoms with van der Waals surface area (Å²) < 4.78 is 47.8. The van der Waals surface area contributed by atoms with Crippen LogP contribution in [-0.4, -0.2) is 25.1 Å². The van der Waals surface area contributed by atoms with Crippen LogP contribution in [0, 0.1) is 0 Å². The molecule has 0 heterocycles. The topological polar surface area (TPSA) is 64.6 Å². The molecule has 0 atom stereocenters. The van der Waals surface area contributed by atoms with Crippen LogP contribution in [0.15, 0.2) is 48.5 Å². The number of halogens is 3. The van der Waals surface area contributed by atoms with Crippen molar-refractivity contribution in [2.24, 2.45) is 0 Å². The summed E-state index contributed by atoms with van der Waals surface area (Å²) in [5, 5.41) is 2.35. The second-order valence-electron chi connectivity index (χ2n) is 6.27. The van der Waals surface area contributed by atoms with Crippen molar-refractivity contribution in [3.05, 3.63) is 59.7 Å². The summed E-state index contributed by atoms with van der Waals surface area (Å²) in [6.07, 6.45) is -4.45. The second-order valence-corrected chi connectivity index (χ2v) is 6.27. The summed E-state index contributed by atoms with van der Waals surface area (Å²) in [5.41, 5.74) is 0.280. The van der Waals surface area contributed by atoms with Crippen molar-refractivity contribution in [3.63, 3.8) is 0 Å². The maximum Gasteiger partial charge on any atom is 0.416 e. The van der Waals surface area contributed by atoms with E-state index in [1.807, 2.05) is 26.0 Å². The van der Waals surface area contributed by atoms with Gasteiger partial charge in [-0.15, -0.1) is 0 Å². The van der Waals surface area contributed by atoms with E-state index in [9.17, 15) is 22.8 Å². The molecule has 0 spiro atoms. The average Bonchev–Trinajstić information content (AvgIpc) is 2.64. The summed E-state index contributed by atoms with van der Waals surface area (Å²) in [5.74, 6) is -0.637. The number of amides is 1. The van der Waals surface area contributed by atoms with E-state index in [1.54, 1.807) is 12.1 Å². The van der Waals surface area contributed by atoms with Crippen LogP contribution in [0.3, 0.4) is 0 Å². The first-order chi connectivity index (χ1) is 13.2. The largest absolute Gasteiger partial charge is 0.482 e. The van der Waals surface area contributed by atoms with E-state index < -0.39 is 30.2 Å². The number of nitrogens with one attached hydrogen (secondary N) is 1. The summed E-state index contributed by atoms with van der Waals surface area (Å²) in [6.45, 7) is 3.05. The molecule has 0 aliphatic rings. The summed E-state index contributed by atoms with van der Waals surface area (Å²) in [6, 6.07) is 11.2. The average molecular weight is 395 g/mol. The van der Waals surface area contributed by atoms with E-state index in [2.05, 4.69) is 5.32 Å². The Morgan fingerprint density at radius 2 is 1.64 bits per heavy atom. The van der Waals surface area contributed by atoms with E-state index in [0.717, 1.165) is 29.8 Å². The van der Waals surface area contributed by atoms with Crippen LogP contribution in [0.25, 0.3) is 0 Å². The molecule has 2 rings (SSSR count). The molecule has 0 saturated heterocycles. The number of carbonyl (C=O) groups excluding carboxylic acids is 2. The van der Waals surface area contributed by atoms with Gasteiger partial charge in [0, 0.05) is 5.69 Å². The fourth-order valence-corrected chi connectivity index (χ4v) is 2.35. The van der Waals surface area contributed by atoms with Crippen LogP contribution in [-0.2, 0) is 20.5 Å². The Hall–Kier alpha value is -3.03. The number of rotatable bonds is 7. The predicted octanol–water partition coefficient (Wildman–Crippen LogP) is 4.39. The van der Waals surface area contributed by atoms with Crippen LogP contribution < -0.4 is 10.1 Å². The van der Waals surface area contributed by atoms with Gasteiger partial charge in [0.2, 0.25) is 0 Å². The molecular formula is C20H20F3NO4. The van der Waals surface area contributed by atoms with Gasteiger partial charge in [0.05, 0.1) is 5.56 Å². The molecule has 2 aromatic rings. The molecule has 0 aliphatic heterocycles. The highest BCUT2D eigenvalue weighted by Gasteiger charge is 2.30. The maximum absolute atomic E-state index is 12.5. The number of hydrogen-bond acceptors (Lipinski definition) is 4. The predicted molar refractivity (Wildman–Crippen MR) is 97.1 cm³/mol. The van der Waals surface area contributed by atoms with Crippen molar-refractivity contribution in [1.29, 1.82) is 0 Å². The smallest absolute Gasteiger partial charge is 0.416 e. The summed E-state index contributed by atoms with van der Waals surface area (Å²) in [4.78, 5) is 23.5.